The number of hydrogen-bond donors (Lipinski definition) is 1. The molecular formula is C17H34ClN3. The van der Waals surface area contributed by atoms with Gasteiger partial charge in [0.05, 0.1) is 0 Å². The highest BCUT2D eigenvalue weighted by Gasteiger charge is 2.25. The fraction of sp³-hybridized carbons (Fsp3) is 1.00. The second-order valence-electron chi connectivity index (χ2n) is 7.17. The van der Waals surface area contributed by atoms with Crippen molar-refractivity contribution in [2.45, 2.75) is 57.4 Å². The first-order valence-electron chi connectivity index (χ1n) is 9.09. The number of nitrogens with zero attached hydrogens (tertiary/aromatic N) is 2. The second-order valence-corrected chi connectivity index (χ2v) is 7.17. The first-order chi connectivity index (χ1) is 9.92. The Balaban J connectivity index is 0.00000161. The molecule has 0 aromatic rings. The van der Waals surface area contributed by atoms with Gasteiger partial charge in [-0.15, -0.1) is 12.4 Å². The second kappa shape index (κ2) is 9.34. The smallest absolute Gasteiger partial charge is 0.0120 e. The summed E-state index contributed by atoms with van der Waals surface area (Å²) in [5.41, 5.74) is 0. The maximum Gasteiger partial charge on any atom is 0.0120 e. The lowest BCUT2D eigenvalue weighted by molar-refractivity contribution is 0.0892. The molecule has 3 saturated heterocycles. The summed E-state index contributed by atoms with van der Waals surface area (Å²) >= 11 is 0. The van der Waals surface area contributed by atoms with E-state index in [1.165, 1.54) is 97.2 Å². The molecule has 3 aliphatic rings. The van der Waals surface area contributed by atoms with Gasteiger partial charge in [-0.25, -0.2) is 0 Å². The molecule has 1 N–H and O–H groups in total. The monoisotopic (exact) mass is 315 g/mol. The minimum absolute atomic E-state index is 0. The first kappa shape index (κ1) is 17.5. The Morgan fingerprint density at radius 2 is 1.62 bits per heavy atom. The van der Waals surface area contributed by atoms with Crippen LogP contribution in [0.2, 0.25) is 0 Å². The van der Waals surface area contributed by atoms with Crippen LogP contribution in [0.4, 0.5) is 0 Å². The largest absolute Gasteiger partial charge is 0.316 e. The predicted octanol–water partition coefficient (Wildman–Crippen LogP) is 2.75. The fourth-order valence-corrected chi connectivity index (χ4v) is 4.33. The molecule has 0 radical (unpaired) electrons. The Kier molecular flexibility index (Phi) is 7.79. The molecule has 0 bridgehead atoms. The van der Waals surface area contributed by atoms with Gasteiger partial charge in [-0.2, -0.15) is 0 Å². The summed E-state index contributed by atoms with van der Waals surface area (Å²) in [6.07, 6.45) is 11.4. The molecule has 1 atom stereocenters. The average Bonchev–Trinajstić information content (AvgIpc) is 2.55. The van der Waals surface area contributed by atoms with Crippen molar-refractivity contribution in [3.63, 3.8) is 0 Å². The molecule has 3 fully saturated rings. The maximum atomic E-state index is 3.55. The summed E-state index contributed by atoms with van der Waals surface area (Å²) in [4.78, 5) is 5.51. The molecule has 0 amide bonds. The molecule has 4 heteroatoms. The number of hydrogen-bond acceptors (Lipinski definition) is 3. The van der Waals surface area contributed by atoms with Crippen molar-refractivity contribution in [3.8, 4) is 0 Å². The fourth-order valence-electron chi connectivity index (χ4n) is 4.33. The molecule has 3 heterocycles. The molecule has 21 heavy (non-hydrogen) atoms. The van der Waals surface area contributed by atoms with Gasteiger partial charge < -0.3 is 15.1 Å². The Morgan fingerprint density at radius 1 is 0.857 bits per heavy atom. The van der Waals surface area contributed by atoms with Crippen LogP contribution in [-0.4, -0.2) is 61.7 Å². The van der Waals surface area contributed by atoms with Gasteiger partial charge in [-0.05, 0) is 96.7 Å². The topological polar surface area (TPSA) is 18.5 Å². The highest BCUT2D eigenvalue weighted by atomic mass is 35.5. The average molecular weight is 316 g/mol. The number of halogens is 1. The quantitative estimate of drug-likeness (QED) is 0.860. The third kappa shape index (κ3) is 5.38. The Hall–Kier alpha value is 0.170. The highest BCUT2D eigenvalue weighted by molar-refractivity contribution is 5.85. The normalized spacial score (nSPS) is 30.0. The van der Waals surface area contributed by atoms with E-state index in [0.29, 0.717) is 0 Å². The molecule has 0 aliphatic carbocycles. The van der Waals surface area contributed by atoms with Gasteiger partial charge >= 0.3 is 0 Å². The zero-order valence-electron chi connectivity index (χ0n) is 13.6. The van der Waals surface area contributed by atoms with Crippen molar-refractivity contribution in [1.82, 2.24) is 15.1 Å². The van der Waals surface area contributed by atoms with E-state index < -0.39 is 0 Å². The van der Waals surface area contributed by atoms with Crippen molar-refractivity contribution in [2.75, 3.05) is 45.8 Å². The van der Waals surface area contributed by atoms with Gasteiger partial charge in [-0.1, -0.05) is 6.42 Å². The Bertz CT molecular complexity index is 267. The molecule has 124 valence electrons. The zero-order chi connectivity index (χ0) is 13.6. The number of rotatable bonds is 4. The molecule has 0 spiro atoms. The van der Waals surface area contributed by atoms with E-state index in [1.54, 1.807) is 0 Å². The first-order valence-corrected chi connectivity index (χ1v) is 9.09. The van der Waals surface area contributed by atoms with E-state index in [0.717, 1.165) is 12.0 Å². The van der Waals surface area contributed by atoms with Crippen LogP contribution in [0.15, 0.2) is 0 Å². The summed E-state index contributed by atoms with van der Waals surface area (Å²) in [5.74, 6) is 0.948. The van der Waals surface area contributed by atoms with Crippen LogP contribution in [0.5, 0.6) is 0 Å². The Morgan fingerprint density at radius 3 is 2.29 bits per heavy atom. The summed E-state index contributed by atoms with van der Waals surface area (Å²) in [6.45, 7) is 9.31. The summed E-state index contributed by atoms with van der Waals surface area (Å²) in [5, 5.41) is 3.55. The van der Waals surface area contributed by atoms with Gasteiger partial charge in [0.15, 0.2) is 0 Å². The van der Waals surface area contributed by atoms with Crippen LogP contribution in [0.1, 0.15) is 51.4 Å². The lowest BCUT2D eigenvalue weighted by Crippen LogP contribution is -2.47. The standard InChI is InChI=1S/C17H33N3.ClH/c1-2-10-20(11-3-1)17-7-13-19(14-8-17)12-6-16-5-4-9-18-15-16;/h16-18H,1-15H2;1H. The minimum Gasteiger partial charge on any atom is -0.316 e. The van der Waals surface area contributed by atoms with E-state index in [-0.39, 0.29) is 12.4 Å². The zero-order valence-corrected chi connectivity index (χ0v) is 14.4. The molecule has 3 rings (SSSR count). The Labute approximate surface area is 137 Å². The lowest BCUT2D eigenvalue weighted by Gasteiger charge is -2.40. The van der Waals surface area contributed by atoms with E-state index >= 15 is 0 Å². The number of nitrogens with one attached hydrogen (secondary N) is 1. The van der Waals surface area contributed by atoms with Crippen molar-refractivity contribution >= 4 is 12.4 Å². The van der Waals surface area contributed by atoms with Crippen molar-refractivity contribution < 1.29 is 0 Å². The van der Waals surface area contributed by atoms with E-state index in [9.17, 15) is 0 Å². The van der Waals surface area contributed by atoms with Crippen LogP contribution in [0.3, 0.4) is 0 Å². The SMILES string of the molecule is C1CCN(C2CCN(CCC3CCCNC3)CC2)CC1.Cl. The summed E-state index contributed by atoms with van der Waals surface area (Å²) in [6, 6.07) is 0.905. The molecule has 0 aromatic carbocycles. The van der Waals surface area contributed by atoms with Crippen LogP contribution in [0, 0.1) is 5.92 Å². The third-order valence-electron chi connectivity index (χ3n) is 5.72. The van der Waals surface area contributed by atoms with E-state index in [4.69, 9.17) is 0 Å². The minimum atomic E-state index is 0. The van der Waals surface area contributed by atoms with Gasteiger partial charge in [0.2, 0.25) is 0 Å². The number of likely N-dealkylation sites (tertiary alicyclic amines) is 2. The van der Waals surface area contributed by atoms with Crippen molar-refractivity contribution in [1.29, 1.82) is 0 Å². The molecule has 3 aliphatic heterocycles. The van der Waals surface area contributed by atoms with Crippen LogP contribution in [-0.2, 0) is 0 Å². The van der Waals surface area contributed by atoms with Crippen molar-refractivity contribution in [3.05, 3.63) is 0 Å². The van der Waals surface area contributed by atoms with E-state index in [1.807, 2.05) is 0 Å². The molecular weight excluding hydrogens is 282 g/mol. The van der Waals surface area contributed by atoms with Crippen LogP contribution < -0.4 is 5.32 Å². The lowest BCUT2D eigenvalue weighted by atomic mass is 9.95. The summed E-state index contributed by atoms with van der Waals surface area (Å²) in [7, 11) is 0. The molecule has 0 aromatic heterocycles. The molecule has 0 saturated carbocycles. The van der Waals surface area contributed by atoms with Gasteiger partial charge in [-0.3, -0.25) is 0 Å². The summed E-state index contributed by atoms with van der Waals surface area (Å²) < 4.78 is 0. The van der Waals surface area contributed by atoms with Crippen LogP contribution in [0.25, 0.3) is 0 Å². The number of piperidine rings is 3. The van der Waals surface area contributed by atoms with Gasteiger partial charge in [0, 0.05) is 6.04 Å². The molecule has 1 unspecified atom stereocenters. The molecule has 3 nitrogen and oxygen atoms in total. The maximum absolute atomic E-state index is 3.55. The van der Waals surface area contributed by atoms with Gasteiger partial charge in [0.25, 0.3) is 0 Å². The van der Waals surface area contributed by atoms with Crippen molar-refractivity contribution in [2.24, 2.45) is 5.92 Å². The van der Waals surface area contributed by atoms with E-state index in [2.05, 4.69) is 15.1 Å². The van der Waals surface area contributed by atoms with Crippen LogP contribution >= 0.6 is 12.4 Å². The third-order valence-corrected chi connectivity index (χ3v) is 5.72. The highest BCUT2D eigenvalue weighted by Crippen LogP contribution is 2.22. The predicted molar refractivity (Wildman–Crippen MR) is 92.3 cm³/mol. The van der Waals surface area contributed by atoms with Gasteiger partial charge in [0.1, 0.15) is 0 Å².